The van der Waals surface area contributed by atoms with Crippen molar-refractivity contribution in [2.24, 2.45) is 5.22 Å². The Morgan fingerprint density at radius 1 is 1.15 bits per heavy atom. The number of fused-ring (bicyclic) bond motifs is 1. The van der Waals surface area contributed by atoms with Crippen molar-refractivity contribution < 1.29 is 17.9 Å². The lowest BCUT2D eigenvalue weighted by Gasteiger charge is -2.24. The van der Waals surface area contributed by atoms with Crippen LogP contribution >= 0.6 is 0 Å². The van der Waals surface area contributed by atoms with Crippen LogP contribution < -0.4 is 16.0 Å². The largest absolute Gasteiger partial charge is 0.444 e. The summed E-state index contributed by atoms with van der Waals surface area (Å²) in [7, 11) is -4.19. The van der Waals surface area contributed by atoms with E-state index in [1.807, 2.05) is 51.4 Å². The first kappa shape index (κ1) is 33.7. The van der Waals surface area contributed by atoms with Gasteiger partial charge in [0.2, 0.25) is 5.95 Å². The van der Waals surface area contributed by atoms with E-state index < -0.39 is 22.2 Å². The van der Waals surface area contributed by atoms with E-state index in [1.165, 1.54) is 24.3 Å². The summed E-state index contributed by atoms with van der Waals surface area (Å²) in [6.45, 7) is 12.2. The number of aryl methyl sites for hydroxylation is 2. The monoisotopic (exact) mass is 650 g/mol. The molecule has 0 aliphatic heterocycles. The fourth-order valence-corrected chi connectivity index (χ4v) is 5.60. The van der Waals surface area contributed by atoms with Gasteiger partial charge in [0.15, 0.2) is 17.0 Å². The van der Waals surface area contributed by atoms with Crippen LogP contribution in [0.3, 0.4) is 0 Å². The number of carbonyl (C=O) groups is 1. The Balaban J connectivity index is 1.48. The van der Waals surface area contributed by atoms with E-state index >= 15 is 0 Å². The van der Waals surface area contributed by atoms with Gasteiger partial charge in [0.1, 0.15) is 12.4 Å². The molecule has 0 fully saturated rings. The van der Waals surface area contributed by atoms with Crippen LogP contribution in [-0.4, -0.2) is 61.9 Å². The minimum atomic E-state index is -4.19. The van der Waals surface area contributed by atoms with Crippen molar-refractivity contribution >= 4 is 51.1 Å². The minimum Gasteiger partial charge on any atom is -0.444 e. The van der Waals surface area contributed by atoms with Crippen LogP contribution in [0, 0.1) is 24.8 Å². The van der Waals surface area contributed by atoms with Crippen LogP contribution in [0.25, 0.3) is 11.2 Å². The lowest BCUT2D eigenvalue weighted by Crippen LogP contribution is -2.36. The van der Waals surface area contributed by atoms with Gasteiger partial charge in [-0.25, -0.2) is 9.78 Å². The summed E-state index contributed by atoms with van der Waals surface area (Å²) < 4.78 is 32.6. The number of sulfonamides is 1. The molecule has 0 unspecified atom stereocenters. The van der Waals surface area contributed by atoms with Crippen molar-refractivity contribution in [1.29, 1.82) is 10.9 Å². The Morgan fingerprint density at radius 2 is 1.87 bits per heavy atom. The van der Waals surface area contributed by atoms with Crippen molar-refractivity contribution in [3.8, 4) is 0 Å². The standard InChI is InChI=1S/C29H38N12O4S/c1-7-24(20(6)45-29(42)35-22-8-10-23(11-9-22)46(43,44)41(15-30)39-31)36-28-37-26(25-27(38-28)40(16-34-25)17(2)3)33-14-21-13-32-19(5)12-18(21)4/h8-13,15-17,20,24,30-31H,7,14H2,1-6H3,(H,35,42)(H2,33,36,37,38)/t20-,24+/m1/s1. The molecule has 5 N–H and O–H groups in total. The first-order valence-corrected chi connectivity index (χ1v) is 16.0. The van der Waals surface area contributed by atoms with Gasteiger partial charge in [-0.2, -0.15) is 23.9 Å². The molecule has 0 aliphatic rings. The van der Waals surface area contributed by atoms with Crippen molar-refractivity contribution in [3.05, 3.63) is 59.7 Å². The number of imidazole rings is 1. The van der Waals surface area contributed by atoms with Gasteiger partial charge >= 0.3 is 6.09 Å². The molecule has 1 aromatic carbocycles. The number of nitrogens with one attached hydrogen (secondary N) is 5. The normalized spacial score (nSPS) is 12.8. The Labute approximate surface area is 267 Å². The summed E-state index contributed by atoms with van der Waals surface area (Å²) in [4.78, 5) is 31.0. The average Bonchev–Trinajstić information content (AvgIpc) is 3.44. The Morgan fingerprint density at radius 3 is 2.48 bits per heavy atom. The van der Waals surface area contributed by atoms with Crippen LogP contribution in [-0.2, 0) is 21.3 Å². The van der Waals surface area contributed by atoms with Crippen LogP contribution in [0.1, 0.15) is 57.0 Å². The molecular weight excluding hydrogens is 612 g/mol. The molecule has 0 saturated carbocycles. The third kappa shape index (κ3) is 7.53. The number of carbonyl (C=O) groups excluding carboxylic acids is 1. The number of hydrogen-bond donors (Lipinski definition) is 5. The minimum absolute atomic E-state index is 0.105. The number of aromatic nitrogens is 5. The molecule has 244 valence electrons. The molecule has 0 aliphatic carbocycles. The number of anilines is 3. The molecule has 0 bridgehead atoms. The third-order valence-electron chi connectivity index (χ3n) is 7.25. The zero-order chi connectivity index (χ0) is 33.6. The maximum Gasteiger partial charge on any atom is 0.411 e. The fourth-order valence-electron chi connectivity index (χ4n) is 4.66. The first-order chi connectivity index (χ1) is 21.9. The lowest BCUT2D eigenvalue weighted by atomic mass is 10.1. The number of nitrogens with zero attached hydrogens (tertiary/aromatic N) is 7. The molecule has 2 atom stereocenters. The molecule has 16 nitrogen and oxygen atoms in total. The maximum absolute atomic E-state index is 12.7. The molecule has 0 radical (unpaired) electrons. The molecule has 46 heavy (non-hydrogen) atoms. The SMILES string of the molecule is CC[C@H](Nc1nc(NCc2cnc(C)cc2C)c2ncn(C(C)C)c2n1)[C@@H](C)OC(=O)Nc1ccc(S(=O)(=O)N(C=N)N=N)cc1. The first-order valence-electron chi connectivity index (χ1n) is 14.5. The van der Waals surface area contributed by atoms with Gasteiger partial charge in [0, 0.05) is 30.2 Å². The van der Waals surface area contributed by atoms with Gasteiger partial charge in [0.05, 0.1) is 17.3 Å². The summed E-state index contributed by atoms with van der Waals surface area (Å²) in [6, 6.07) is 6.96. The quantitative estimate of drug-likeness (QED) is 0.0506. The molecule has 3 heterocycles. The number of ether oxygens (including phenoxy) is 1. The van der Waals surface area contributed by atoms with Crippen LogP contribution in [0.2, 0.25) is 0 Å². The highest BCUT2D eigenvalue weighted by Gasteiger charge is 2.24. The summed E-state index contributed by atoms with van der Waals surface area (Å²) in [5, 5.41) is 19.2. The predicted molar refractivity (Wildman–Crippen MR) is 173 cm³/mol. The van der Waals surface area contributed by atoms with Gasteiger partial charge in [0.25, 0.3) is 10.0 Å². The number of hydrogen-bond acceptors (Lipinski definition) is 13. The lowest BCUT2D eigenvalue weighted by molar-refractivity contribution is 0.108. The van der Waals surface area contributed by atoms with Crippen molar-refractivity contribution in [2.75, 3.05) is 16.0 Å². The Bertz CT molecular complexity index is 1820. The second-order valence-corrected chi connectivity index (χ2v) is 12.6. The Kier molecular flexibility index (Phi) is 10.5. The van der Waals surface area contributed by atoms with E-state index in [4.69, 9.17) is 25.6 Å². The van der Waals surface area contributed by atoms with Gasteiger partial charge in [-0.3, -0.25) is 15.7 Å². The Hall–Kier alpha value is -5.19. The zero-order valence-electron chi connectivity index (χ0n) is 26.4. The van der Waals surface area contributed by atoms with Gasteiger partial charge in [-0.05, 0) is 82.5 Å². The number of amides is 1. The molecule has 0 spiro atoms. The molecule has 17 heteroatoms. The van der Waals surface area contributed by atoms with E-state index in [-0.39, 0.29) is 27.1 Å². The van der Waals surface area contributed by atoms with Crippen molar-refractivity contribution in [1.82, 2.24) is 28.9 Å². The van der Waals surface area contributed by atoms with Crippen LogP contribution in [0.5, 0.6) is 0 Å². The summed E-state index contributed by atoms with van der Waals surface area (Å²) >= 11 is 0. The highest BCUT2D eigenvalue weighted by molar-refractivity contribution is 7.89. The second-order valence-electron chi connectivity index (χ2n) is 10.8. The topological polar surface area (TPSA) is 216 Å². The molecule has 1 amide bonds. The van der Waals surface area contributed by atoms with E-state index in [0.29, 0.717) is 42.2 Å². The smallest absolute Gasteiger partial charge is 0.411 e. The summed E-state index contributed by atoms with van der Waals surface area (Å²) in [6.07, 6.45) is 3.21. The molecule has 3 aromatic heterocycles. The van der Waals surface area contributed by atoms with Gasteiger partial charge in [-0.15, -0.1) is 4.41 Å². The molecule has 0 saturated heterocycles. The highest BCUT2D eigenvalue weighted by Crippen LogP contribution is 2.25. The van der Waals surface area contributed by atoms with Crippen molar-refractivity contribution in [2.45, 2.75) is 77.6 Å². The van der Waals surface area contributed by atoms with Crippen LogP contribution in [0.15, 0.2) is 53.0 Å². The summed E-state index contributed by atoms with van der Waals surface area (Å²) in [5.74, 6) is 0.896. The number of benzene rings is 1. The van der Waals surface area contributed by atoms with Gasteiger partial charge in [-0.1, -0.05) is 12.1 Å². The van der Waals surface area contributed by atoms with Gasteiger partial charge < -0.3 is 19.9 Å². The van der Waals surface area contributed by atoms with E-state index in [0.717, 1.165) is 16.8 Å². The zero-order valence-corrected chi connectivity index (χ0v) is 27.3. The van der Waals surface area contributed by atoms with E-state index in [1.54, 1.807) is 13.3 Å². The second kappa shape index (κ2) is 14.3. The fraction of sp³-hybridized carbons (Fsp3) is 0.379. The molecular formula is C29H38N12O4S. The number of rotatable bonds is 14. The molecule has 4 rings (SSSR count). The van der Waals surface area contributed by atoms with Crippen LogP contribution in [0.4, 0.5) is 22.2 Å². The summed E-state index contributed by atoms with van der Waals surface area (Å²) in [5.41, 5.74) is 11.6. The van der Waals surface area contributed by atoms with E-state index in [9.17, 15) is 13.2 Å². The van der Waals surface area contributed by atoms with E-state index in [2.05, 4.69) is 31.1 Å². The average molecular weight is 651 g/mol. The highest BCUT2D eigenvalue weighted by atomic mass is 32.2. The number of pyridine rings is 1. The maximum atomic E-state index is 12.7. The molecule has 4 aromatic rings. The van der Waals surface area contributed by atoms with Crippen molar-refractivity contribution in [3.63, 3.8) is 0 Å². The third-order valence-corrected chi connectivity index (χ3v) is 8.80. The predicted octanol–water partition coefficient (Wildman–Crippen LogP) is 5.40.